The number of hydrogen-bond donors (Lipinski definition) is 0. The van der Waals surface area contributed by atoms with Crippen LogP contribution in [0.5, 0.6) is 0 Å². The van der Waals surface area contributed by atoms with Crippen LogP contribution in [0.4, 0.5) is 0 Å². The van der Waals surface area contributed by atoms with Crippen LogP contribution in [0.1, 0.15) is 0 Å². The summed E-state index contributed by atoms with van der Waals surface area (Å²) < 4.78 is 0. The molecule has 0 unspecified atom stereocenters. The maximum Gasteiger partial charge on any atom is 0.0462 e. The van der Waals surface area contributed by atoms with Gasteiger partial charge in [0.2, 0.25) is 0 Å². The van der Waals surface area contributed by atoms with Crippen LogP contribution in [-0.2, 0) is 21.1 Å². The van der Waals surface area contributed by atoms with Gasteiger partial charge in [-0.3, -0.25) is 0 Å². The van der Waals surface area contributed by atoms with Crippen LogP contribution in [0.15, 0.2) is 0 Å². The Labute approximate surface area is 68.8 Å². The molecule has 0 aromatic carbocycles. The van der Waals surface area contributed by atoms with Gasteiger partial charge >= 0.3 is 0 Å². The summed E-state index contributed by atoms with van der Waals surface area (Å²) in [4.78, 5) is 0. The fraction of sp³-hybridized carbons (Fsp3) is 0. The molecule has 0 fully saturated rings. The van der Waals surface area contributed by atoms with Gasteiger partial charge in [0.15, 0.2) is 0 Å². The Morgan fingerprint density at radius 1 is 0.444 bits per heavy atom. The van der Waals surface area contributed by atoms with Crippen LogP contribution in [0.3, 0.4) is 0 Å². The molecule has 0 spiro atoms. The van der Waals surface area contributed by atoms with E-state index in [9.17, 15) is 0 Å². The van der Waals surface area contributed by atoms with Crippen LogP contribution in [0.2, 0.25) is 0 Å². The monoisotopic (exact) mass is 303 g/mol. The van der Waals surface area contributed by atoms with Crippen molar-refractivity contribution in [3.63, 3.8) is 0 Å². The molecule has 0 amide bonds. The van der Waals surface area contributed by atoms with E-state index in [1.165, 1.54) is 0 Å². The number of nitriles is 4. The summed E-state index contributed by atoms with van der Waals surface area (Å²) in [6.45, 7) is 14.0. The largest absolute Gasteiger partial charge is 0.202 e. The summed E-state index contributed by atoms with van der Waals surface area (Å²) in [7, 11) is 0. The minimum Gasteiger partial charge on any atom is -0.202 e. The Bertz CT molecular complexity index is 55.5. The van der Waals surface area contributed by atoms with Crippen LogP contribution < -0.4 is 0 Å². The quantitative estimate of drug-likeness (QED) is 0.653. The van der Waals surface area contributed by atoms with E-state index < -0.39 is 0 Å². The van der Waals surface area contributed by atoms with Gasteiger partial charge in [-0.05, 0) is 0 Å². The van der Waals surface area contributed by atoms with E-state index in [2.05, 4.69) is 26.3 Å². The Hall–Kier alpha value is -1.35. The van der Waals surface area contributed by atoms with Gasteiger partial charge in [0.25, 0.3) is 0 Å². The molecule has 4 nitrogen and oxygen atoms in total. The Morgan fingerprint density at radius 2 is 0.444 bits per heavy atom. The van der Waals surface area contributed by atoms with Crippen LogP contribution in [-0.4, -0.2) is 0 Å². The summed E-state index contributed by atoms with van der Waals surface area (Å²) in [6, 6.07) is 0. The van der Waals surface area contributed by atoms with Gasteiger partial charge in [-0.2, -0.15) is 0 Å². The minimum absolute atomic E-state index is 0. The first-order valence-electron chi connectivity index (χ1n) is 1.03. The van der Waals surface area contributed by atoms with E-state index in [0.717, 1.165) is 0 Å². The first-order valence-corrected chi connectivity index (χ1v) is 1.03. The minimum atomic E-state index is 0. The van der Waals surface area contributed by atoms with Gasteiger partial charge in [-0.1, -0.05) is 0 Å². The van der Waals surface area contributed by atoms with Crippen molar-refractivity contribution in [2.75, 3.05) is 0 Å². The second-order valence-corrected chi connectivity index (χ2v) is 0. The fourth-order valence-corrected chi connectivity index (χ4v) is 0. The van der Waals surface area contributed by atoms with Crippen molar-refractivity contribution in [3.05, 3.63) is 0 Å². The average molecular weight is 303 g/mol. The van der Waals surface area contributed by atoms with Gasteiger partial charge in [0.05, 0.1) is 0 Å². The molecule has 0 aromatic rings. The second-order valence-electron chi connectivity index (χ2n) is 0. The van der Waals surface area contributed by atoms with Crippen molar-refractivity contribution in [2.24, 2.45) is 0 Å². The topological polar surface area (TPSA) is 95.2 Å². The van der Waals surface area contributed by atoms with Crippen LogP contribution >= 0.6 is 0 Å². The normalized spacial score (nSPS) is 0.889. The molecule has 0 aliphatic carbocycles. The molecule has 0 heterocycles. The molecule has 0 saturated heterocycles. The predicted octanol–water partition coefficient (Wildman–Crippen LogP) is 0.557. The molecule has 0 aliphatic rings. The molecule has 0 aliphatic heterocycles. The number of rotatable bonds is 0. The van der Waals surface area contributed by atoms with E-state index in [1.54, 1.807) is 0 Å². The van der Waals surface area contributed by atoms with E-state index in [-0.39, 0.29) is 21.1 Å². The van der Waals surface area contributed by atoms with Crippen molar-refractivity contribution in [2.45, 2.75) is 0 Å². The molecule has 0 atom stereocenters. The maximum atomic E-state index is 6.50. The van der Waals surface area contributed by atoms with Crippen LogP contribution in [0, 0.1) is 47.3 Å². The van der Waals surface area contributed by atoms with Gasteiger partial charge in [0, 0.05) is 47.4 Å². The van der Waals surface area contributed by atoms with Gasteiger partial charge in [0.1, 0.15) is 0 Å². The third-order valence-electron chi connectivity index (χ3n) is 0. The summed E-state index contributed by atoms with van der Waals surface area (Å²) in [5.74, 6) is 0. The van der Waals surface area contributed by atoms with Crippen molar-refractivity contribution in [3.8, 4) is 26.3 Å². The zero-order chi connectivity index (χ0) is 8.00. The molecule has 50 valence electrons. The molecular formula is C4H4N4Pt. The van der Waals surface area contributed by atoms with Crippen molar-refractivity contribution in [1.29, 1.82) is 21.0 Å². The van der Waals surface area contributed by atoms with E-state index >= 15 is 0 Å². The van der Waals surface area contributed by atoms with E-state index in [1.807, 2.05) is 0 Å². The first kappa shape index (κ1) is 48.2. The van der Waals surface area contributed by atoms with E-state index in [4.69, 9.17) is 21.0 Å². The molecule has 0 bridgehead atoms. The van der Waals surface area contributed by atoms with Gasteiger partial charge < -0.3 is 0 Å². The third-order valence-corrected chi connectivity index (χ3v) is 0. The number of nitrogens with zero attached hydrogens (tertiary/aromatic N) is 4. The maximum absolute atomic E-state index is 6.50. The molecule has 5 heteroatoms. The molecule has 9 heavy (non-hydrogen) atoms. The molecule has 0 N–H and O–H groups in total. The van der Waals surface area contributed by atoms with Crippen molar-refractivity contribution >= 4 is 0 Å². The average Bonchev–Trinajstić information content (AvgIpc) is 2.03. The Morgan fingerprint density at radius 3 is 0.444 bits per heavy atom. The summed E-state index contributed by atoms with van der Waals surface area (Å²) in [5, 5.41) is 26.0. The standard InChI is InChI=1S/4CHN.Pt/c4*1-2;/h4*1H;. The molecule has 0 saturated carbocycles. The Kier molecular flexibility index (Phi) is 622. The molecular weight excluding hydrogens is 299 g/mol. The zero-order valence-corrected chi connectivity index (χ0v) is 6.69. The predicted molar refractivity (Wildman–Crippen MR) is 26.7 cm³/mol. The fourth-order valence-electron chi connectivity index (χ4n) is 0. The second kappa shape index (κ2) is 116. The molecule has 0 aromatic heterocycles. The molecule has 0 radical (unpaired) electrons. The molecule has 0 rings (SSSR count). The summed E-state index contributed by atoms with van der Waals surface area (Å²) in [6.07, 6.45) is 0. The van der Waals surface area contributed by atoms with Crippen molar-refractivity contribution < 1.29 is 21.1 Å². The van der Waals surface area contributed by atoms with Crippen molar-refractivity contribution in [1.82, 2.24) is 0 Å². The van der Waals surface area contributed by atoms with Gasteiger partial charge in [-0.25, -0.2) is 21.0 Å². The smallest absolute Gasteiger partial charge is 0.0462 e. The zero-order valence-electron chi connectivity index (χ0n) is 4.41. The SMILES string of the molecule is C#N.C#N.C#N.C#N.[Pt]. The van der Waals surface area contributed by atoms with Gasteiger partial charge in [-0.15, -0.1) is 0 Å². The number of hydrogen-bond acceptors (Lipinski definition) is 4. The first-order chi connectivity index (χ1) is 4.00. The summed E-state index contributed by atoms with van der Waals surface area (Å²) in [5.41, 5.74) is 0. The Balaban J connectivity index is -0.00000000762. The third kappa shape index (κ3) is 78.6. The van der Waals surface area contributed by atoms with E-state index in [0.29, 0.717) is 0 Å². The van der Waals surface area contributed by atoms with Crippen LogP contribution in [0.25, 0.3) is 0 Å². The summed E-state index contributed by atoms with van der Waals surface area (Å²) >= 11 is 0.